The summed E-state index contributed by atoms with van der Waals surface area (Å²) in [6.07, 6.45) is 4.31. The van der Waals surface area contributed by atoms with Gasteiger partial charge in [0.05, 0.1) is 17.3 Å². The standard InChI is InChI=1S/C62H49BN2OS2/c1-60(2,3)35-21-23-36(24-22-35)65-48-32-53-40(37-17-11-13-19-51(37)67-53)27-41(48)56-57-58-54(55-38-18-12-14-20-52(38)68-59(55)56)42-28-44-45(62(6,7)26-25-61(44,4)5)30-47(42)64(58)49-29-39-43(34-15-9-8-10-16-34)33-66-50(39)31-46(49)63(57)65/h8-24,27-33H,25-26H2,1-7H3. The summed E-state index contributed by atoms with van der Waals surface area (Å²) in [6.45, 7) is 16.7. The summed E-state index contributed by atoms with van der Waals surface area (Å²) < 4.78 is 14.8. The lowest BCUT2D eigenvalue weighted by Gasteiger charge is -2.42. The first-order valence-electron chi connectivity index (χ1n) is 24.3. The van der Waals surface area contributed by atoms with Crippen molar-refractivity contribution in [2.24, 2.45) is 0 Å². The number of rotatable bonds is 2. The van der Waals surface area contributed by atoms with Crippen molar-refractivity contribution in [3.8, 4) is 27.9 Å². The van der Waals surface area contributed by atoms with Gasteiger partial charge >= 0.3 is 6.85 Å². The quantitative estimate of drug-likeness (QED) is 0.161. The number of hydrogen-bond acceptors (Lipinski definition) is 4. The second-order valence-electron chi connectivity index (χ2n) is 22.3. The summed E-state index contributed by atoms with van der Waals surface area (Å²) in [5, 5.41) is 9.25. The highest BCUT2D eigenvalue weighted by atomic mass is 32.1. The topological polar surface area (TPSA) is 21.3 Å². The van der Waals surface area contributed by atoms with Crippen LogP contribution in [0.25, 0.3) is 101 Å². The molecule has 15 rings (SSSR count). The first-order valence-corrected chi connectivity index (χ1v) is 25.9. The molecular weight excluding hydrogens is 864 g/mol. The number of hydrogen-bond donors (Lipinski definition) is 0. The van der Waals surface area contributed by atoms with Crippen LogP contribution in [0.1, 0.15) is 78.0 Å². The van der Waals surface area contributed by atoms with E-state index in [4.69, 9.17) is 4.42 Å². The molecule has 0 atom stereocenters. The summed E-state index contributed by atoms with van der Waals surface area (Å²) in [5.74, 6) is 0. The van der Waals surface area contributed by atoms with E-state index in [-0.39, 0.29) is 23.1 Å². The van der Waals surface area contributed by atoms with Gasteiger partial charge in [-0.3, -0.25) is 0 Å². The van der Waals surface area contributed by atoms with Gasteiger partial charge in [-0.2, -0.15) is 0 Å². The van der Waals surface area contributed by atoms with Crippen LogP contribution in [0.2, 0.25) is 0 Å². The summed E-state index contributed by atoms with van der Waals surface area (Å²) in [5.41, 5.74) is 19.3. The molecule has 8 aromatic carbocycles. The zero-order valence-electron chi connectivity index (χ0n) is 39.5. The molecule has 6 heteroatoms. The molecule has 0 unspecified atom stereocenters. The van der Waals surface area contributed by atoms with E-state index >= 15 is 0 Å². The van der Waals surface area contributed by atoms with Gasteiger partial charge in [0.1, 0.15) is 5.58 Å². The van der Waals surface area contributed by atoms with Gasteiger partial charge in [-0.05, 0) is 123 Å². The maximum atomic E-state index is 6.71. The fourth-order valence-corrected chi connectivity index (χ4v) is 15.2. The van der Waals surface area contributed by atoms with Crippen LogP contribution < -0.4 is 15.7 Å². The molecule has 0 saturated heterocycles. The lowest BCUT2D eigenvalue weighted by molar-refractivity contribution is 0.332. The number of aromatic nitrogens is 1. The predicted molar refractivity (Wildman–Crippen MR) is 295 cm³/mol. The Morgan fingerprint density at radius 2 is 1.28 bits per heavy atom. The van der Waals surface area contributed by atoms with Gasteiger partial charge in [0.2, 0.25) is 0 Å². The molecule has 68 heavy (non-hydrogen) atoms. The Kier molecular flexibility index (Phi) is 7.61. The van der Waals surface area contributed by atoms with Gasteiger partial charge < -0.3 is 13.8 Å². The van der Waals surface area contributed by atoms with Gasteiger partial charge in [0.15, 0.2) is 0 Å². The minimum atomic E-state index is -0.147. The van der Waals surface area contributed by atoms with E-state index in [0.717, 1.165) is 28.5 Å². The number of furan rings is 1. The van der Waals surface area contributed by atoms with E-state index in [1.807, 2.05) is 28.9 Å². The molecule has 0 radical (unpaired) electrons. The molecule has 12 aromatic rings. The molecule has 328 valence electrons. The Bertz CT molecular complexity index is 4190. The van der Waals surface area contributed by atoms with E-state index < -0.39 is 0 Å². The molecule has 0 spiro atoms. The van der Waals surface area contributed by atoms with Crippen molar-refractivity contribution in [3.63, 3.8) is 0 Å². The van der Waals surface area contributed by atoms with E-state index in [2.05, 4.69) is 197 Å². The van der Waals surface area contributed by atoms with Gasteiger partial charge in [-0.15, -0.1) is 22.7 Å². The molecule has 0 fully saturated rings. The highest BCUT2D eigenvalue weighted by Gasteiger charge is 2.47. The maximum Gasteiger partial charge on any atom is 0.333 e. The SMILES string of the molecule is CC(C)(C)c1ccc(N2B3c4cc5occ(-c6ccccc6)c5cc4-n4c5cc6c(cc5c5c7c(sc8ccccc87)c(c3c54)-c3cc4c(cc32)sc2ccccc24)C(C)(C)CCC6(C)C)cc1. The van der Waals surface area contributed by atoms with Crippen LogP contribution in [-0.4, -0.2) is 11.4 Å². The fraction of sp³-hybridized carbons (Fsp3) is 0.194. The highest BCUT2D eigenvalue weighted by Crippen LogP contribution is 2.56. The summed E-state index contributed by atoms with van der Waals surface area (Å²) in [7, 11) is 0. The summed E-state index contributed by atoms with van der Waals surface area (Å²) in [4.78, 5) is 2.71. The first kappa shape index (κ1) is 39.4. The number of nitrogens with zero attached hydrogens (tertiary/aromatic N) is 2. The van der Waals surface area contributed by atoms with Crippen molar-refractivity contribution in [2.75, 3.05) is 4.81 Å². The zero-order valence-corrected chi connectivity index (χ0v) is 41.1. The van der Waals surface area contributed by atoms with Gasteiger partial charge in [-0.25, -0.2) is 0 Å². The van der Waals surface area contributed by atoms with Crippen molar-refractivity contribution in [1.29, 1.82) is 0 Å². The smallest absolute Gasteiger partial charge is 0.333 e. The van der Waals surface area contributed by atoms with Crippen LogP contribution in [0.3, 0.4) is 0 Å². The van der Waals surface area contributed by atoms with Crippen LogP contribution in [0.4, 0.5) is 11.4 Å². The Hall–Kier alpha value is -6.60. The average Bonchev–Trinajstić information content (AvgIpc) is 4.11. The fourth-order valence-electron chi connectivity index (χ4n) is 12.8. The highest BCUT2D eigenvalue weighted by molar-refractivity contribution is 7.27. The molecule has 0 N–H and O–H groups in total. The minimum Gasteiger partial charge on any atom is -0.464 e. The lowest BCUT2D eigenvalue weighted by atomic mass is 9.44. The van der Waals surface area contributed by atoms with E-state index in [0.29, 0.717) is 0 Å². The molecule has 3 aliphatic rings. The number of benzene rings is 8. The van der Waals surface area contributed by atoms with Crippen LogP contribution in [0.15, 0.2) is 150 Å². The normalized spacial score (nSPS) is 15.9. The molecular formula is C62H49BN2OS2. The van der Waals surface area contributed by atoms with Gasteiger partial charge in [-0.1, -0.05) is 127 Å². The van der Waals surface area contributed by atoms with Crippen molar-refractivity contribution in [1.82, 2.24) is 4.57 Å². The second kappa shape index (κ2) is 13.1. The van der Waals surface area contributed by atoms with Gasteiger partial charge in [0, 0.05) is 90.3 Å². The Labute approximate surface area is 404 Å². The van der Waals surface area contributed by atoms with Crippen LogP contribution in [-0.2, 0) is 16.2 Å². The molecule has 0 amide bonds. The van der Waals surface area contributed by atoms with Gasteiger partial charge in [0.25, 0.3) is 0 Å². The largest absolute Gasteiger partial charge is 0.464 e. The van der Waals surface area contributed by atoms with Crippen molar-refractivity contribution in [2.45, 2.75) is 77.6 Å². The number of thiophene rings is 2. The first-order chi connectivity index (χ1) is 32.8. The zero-order chi connectivity index (χ0) is 45.7. The molecule has 4 aromatic heterocycles. The van der Waals surface area contributed by atoms with Crippen LogP contribution in [0, 0.1) is 0 Å². The summed E-state index contributed by atoms with van der Waals surface area (Å²) in [6, 6.07) is 53.7. The number of anilines is 2. The third-order valence-electron chi connectivity index (χ3n) is 16.4. The van der Waals surface area contributed by atoms with E-state index in [9.17, 15) is 0 Å². The monoisotopic (exact) mass is 912 g/mol. The average molecular weight is 913 g/mol. The maximum absolute atomic E-state index is 6.71. The Balaban J connectivity index is 1.19. The number of fused-ring (bicyclic) bond motifs is 18. The second-order valence-corrected chi connectivity index (χ2v) is 24.4. The van der Waals surface area contributed by atoms with Crippen molar-refractivity contribution >= 4 is 125 Å². The third kappa shape index (κ3) is 5.10. The van der Waals surface area contributed by atoms with Crippen molar-refractivity contribution < 1.29 is 4.42 Å². The molecule has 0 bridgehead atoms. The third-order valence-corrected chi connectivity index (χ3v) is 18.8. The lowest BCUT2D eigenvalue weighted by Crippen LogP contribution is -2.60. The van der Waals surface area contributed by atoms with Crippen molar-refractivity contribution in [3.05, 3.63) is 162 Å². The Morgan fingerprint density at radius 1 is 0.588 bits per heavy atom. The Morgan fingerprint density at radius 3 is 2.03 bits per heavy atom. The molecule has 3 nitrogen and oxygen atoms in total. The van der Waals surface area contributed by atoms with E-state index in [1.54, 1.807) is 0 Å². The minimum absolute atomic E-state index is 0.0230. The van der Waals surface area contributed by atoms with Crippen LogP contribution >= 0.6 is 22.7 Å². The predicted octanol–water partition coefficient (Wildman–Crippen LogP) is 16.8. The van der Waals surface area contributed by atoms with E-state index in [1.165, 1.54) is 124 Å². The molecule has 0 saturated carbocycles. The van der Waals surface area contributed by atoms with Crippen LogP contribution in [0.5, 0.6) is 0 Å². The summed E-state index contributed by atoms with van der Waals surface area (Å²) >= 11 is 3.89. The molecule has 2 aliphatic heterocycles. The molecule has 1 aliphatic carbocycles. The molecule has 6 heterocycles.